The van der Waals surface area contributed by atoms with Gasteiger partial charge in [0, 0.05) is 30.5 Å². The molecule has 0 spiro atoms. The standard InChI is InChI=1S/C14H24N2OS/c1-10(2)14-16-13(9-18-14)7-15-12-5-3-11(8-17)4-6-12/h9-12,15,17H,3-8H2,1-2H3. The van der Waals surface area contributed by atoms with Crippen LogP contribution in [-0.4, -0.2) is 22.7 Å². The van der Waals surface area contributed by atoms with Gasteiger partial charge in [-0.2, -0.15) is 0 Å². The molecule has 1 saturated carbocycles. The van der Waals surface area contributed by atoms with E-state index in [4.69, 9.17) is 5.11 Å². The highest BCUT2D eigenvalue weighted by Gasteiger charge is 2.20. The first-order chi connectivity index (χ1) is 8.69. The molecule has 2 rings (SSSR count). The van der Waals surface area contributed by atoms with E-state index in [1.807, 2.05) is 0 Å². The lowest BCUT2D eigenvalue weighted by molar-refractivity contribution is 0.175. The van der Waals surface area contributed by atoms with Gasteiger partial charge in [0.05, 0.1) is 10.7 Å². The molecule has 102 valence electrons. The molecule has 0 bridgehead atoms. The Bertz CT molecular complexity index is 356. The Hall–Kier alpha value is -0.450. The molecule has 1 fully saturated rings. The molecule has 0 aliphatic heterocycles. The fraction of sp³-hybridized carbons (Fsp3) is 0.786. The molecule has 1 aromatic rings. The van der Waals surface area contributed by atoms with E-state index < -0.39 is 0 Å². The van der Waals surface area contributed by atoms with Crippen LogP contribution in [0.2, 0.25) is 0 Å². The zero-order valence-electron chi connectivity index (χ0n) is 11.4. The zero-order valence-corrected chi connectivity index (χ0v) is 12.2. The molecule has 0 aromatic carbocycles. The highest BCUT2D eigenvalue weighted by atomic mass is 32.1. The van der Waals surface area contributed by atoms with Crippen molar-refractivity contribution in [3.63, 3.8) is 0 Å². The molecule has 4 heteroatoms. The molecule has 1 heterocycles. The van der Waals surface area contributed by atoms with Crippen LogP contribution in [-0.2, 0) is 6.54 Å². The Kier molecular flexibility index (Phi) is 5.15. The van der Waals surface area contributed by atoms with Crippen molar-refractivity contribution in [2.75, 3.05) is 6.61 Å². The van der Waals surface area contributed by atoms with Crippen LogP contribution in [0.15, 0.2) is 5.38 Å². The molecular formula is C14H24N2OS. The second-order valence-corrected chi connectivity index (χ2v) is 6.50. The van der Waals surface area contributed by atoms with Crippen molar-refractivity contribution in [1.29, 1.82) is 0 Å². The molecule has 0 atom stereocenters. The minimum atomic E-state index is 0.358. The first-order valence-electron chi connectivity index (χ1n) is 6.97. The van der Waals surface area contributed by atoms with Gasteiger partial charge < -0.3 is 10.4 Å². The van der Waals surface area contributed by atoms with E-state index in [-0.39, 0.29) is 0 Å². The van der Waals surface area contributed by atoms with Crippen molar-refractivity contribution in [1.82, 2.24) is 10.3 Å². The maximum absolute atomic E-state index is 9.11. The number of thiazole rings is 1. The summed E-state index contributed by atoms with van der Waals surface area (Å²) in [5.74, 6) is 1.07. The van der Waals surface area contributed by atoms with Crippen molar-refractivity contribution in [3.8, 4) is 0 Å². The summed E-state index contributed by atoms with van der Waals surface area (Å²) in [5, 5.41) is 16.1. The number of hydrogen-bond acceptors (Lipinski definition) is 4. The summed E-state index contributed by atoms with van der Waals surface area (Å²) in [5.41, 5.74) is 1.17. The lowest BCUT2D eigenvalue weighted by atomic mass is 9.86. The van der Waals surface area contributed by atoms with Gasteiger partial charge in [0.15, 0.2) is 0 Å². The van der Waals surface area contributed by atoms with E-state index in [0.29, 0.717) is 24.5 Å². The summed E-state index contributed by atoms with van der Waals surface area (Å²) < 4.78 is 0. The summed E-state index contributed by atoms with van der Waals surface area (Å²) >= 11 is 1.76. The van der Waals surface area contributed by atoms with Gasteiger partial charge in [-0.1, -0.05) is 13.8 Å². The Morgan fingerprint density at radius 1 is 1.39 bits per heavy atom. The van der Waals surface area contributed by atoms with Gasteiger partial charge in [0.25, 0.3) is 0 Å². The third kappa shape index (κ3) is 3.77. The third-order valence-electron chi connectivity index (χ3n) is 3.74. The average molecular weight is 268 g/mol. The smallest absolute Gasteiger partial charge is 0.0954 e. The normalized spacial score (nSPS) is 24.7. The predicted molar refractivity (Wildman–Crippen MR) is 75.9 cm³/mol. The van der Waals surface area contributed by atoms with Crippen molar-refractivity contribution < 1.29 is 5.11 Å². The topological polar surface area (TPSA) is 45.2 Å². The van der Waals surface area contributed by atoms with E-state index >= 15 is 0 Å². The highest BCUT2D eigenvalue weighted by Crippen LogP contribution is 2.24. The zero-order chi connectivity index (χ0) is 13.0. The van der Waals surface area contributed by atoms with Gasteiger partial charge >= 0.3 is 0 Å². The predicted octanol–water partition coefficient (Wildman–Crippen LogP) is 2.91. The van der Waals surface area contributed by atoms with Crippen molar-refractivity contribution >= 4 is 11.3 Å². The monoisotopic (exact) mass is 268 g/mol. The molecule has 1 aliphatic rings. The van der Waals surface area contributed by atoms with E-state index in [1.54, 1.807) is 11.3 Å². The van der Waals surface area contributed by atoms with Crippen LogP contribution in [0.4, 0.5) is 0 Å². The first-order valence-corrected chi connectivity index (χ1v) is 7.85. The Balaban J connectivity index is 1.74. The Morgan fingerprint density at radius 2 is 2.11 bits per heavy atom. The lowest BCUT2D eigenvalue weighted by Crippen LogP contribution is -2.33. The van der Waals surface area contributed by atoms with E-state index in [2.05, 4.69) is 29.5 Å². The van der Waals surface area contributed by atoms with Gasteiger partial charge in [0.2, 0.25) is 0 Å². The summed E-state index contributed by atoms with van der Waals surface area (Å²) in [6.45, 7) is 5.62. The number of hydrogen-bond donors (Lipinski definition) is 2. The first kappa shape index (κ1) is 14.0. The van der Waals surface area contributed by atoms with Crippen molar-refractivity contribution in [2.45, 2.75) is 58.0 Å². The molecular weight excluding hydrogens is 244 g/mol. The van der Waals surface area contributed by atoms with E-state index in [9.17, 15) is 0 Å². The highest BCUT2D eigenvalue weighted by molar-refractivity contribution is 7.09. The van der Waals surface area contributed by atoms with Crippen molar-refractivity contribution in [2.24, 2.45) is 5.92 Å². The van der Waals surface area contributed by atoms with E-state index in [1.165, 1.54) is 23.5 Å². The number of rotatable bonds is 5. The van der Waals surface area contributed by atoms with Gasteiger partial charge in [0.1, 0.15) is 0 Å². The quantitative estimate of drug-likeness (QED) is 0.863. The summed E-state index contributed by atoms with van der Waals surface area (Å²) in [6.07, 6.45) is 4.68. The minimum absolute atomic E-state index is 0.358. The Labute approximate surface area is 114 Å². The molecule has 1 aliphatic carbocycles. The van der Waals surface area contributed by atoms with Crippen molar-refractivity contribution in [3.05, 3.63) is 16.1 Å². The maximum Gasteiger partial charge on any atom is 0.0954 e. The molecule has 0 saturated heterocycles. The fourth-order valence-electron chi connectivity index (χ4n) is 2.47. The number of aliphatic hydroxyl groups excluding tert-OH is 1. The molecule has 0 radical (unpaired) electrons. The van der Waals surface area contributed by atoms with Crippen LogP contribution in [0.3, 0.4) is 0 Å². The lowest BCUT2D eigenvalue weighted by Gasteiger charge is -2.27. The molecule has 3 nitrogen and oxygen atoms in total. The number of aromatic nitrogens is 1. The maximum atomic E-state index is 9.11. The number of nitrogens with one attached hydrogen (secondary N) is 1. The summed E-state index contributed by atoms with van der Waals surface area (Å²) in [6, 6.07) is 0.608. The van der Waals surface area contributed by atoms with Gasteiger partial charge in [-0.15, -0.1) is 11.3 Å². The minimum Gasteiger partial charge on any atom is -0.396 e. The second kappa shape index (κ2) is 6.64. The molecule has 0 amide bonds. The van der Waals surface area contributed by atoms with Crippen LogP contribution in [0, 0.1) is 5.92 Å². The van der Waals surface area contributed by atoms with Crippen LogP contribution in [0.5, 0.6) is 0 Å². The number of nitrogens with zero attached hydrogens (tertiary/aromatic N) is 1. The third-order valence-corrected chi connectivity index (χ3v) is 4.93. The second-order valence-electron chi connectivity index (χ2n) is 5.61. The van der Waals surface area contributed by atoms with E-state index in [0.717, 1.165) is 19.4 Å². The van der Waals surface area contributed by atoms with Gasteiger partial charge in [-0.05, 0) is 31.6 Å². The van der Waals surface area contributed by atoms with Gasteiger partial charge in [-0.3, -0.25) is 0 Å². The van der Waals surface area contributed by atoms with Crippen LogP contribution in [0.1, 0.15) is 56.2 Å². The van der Waals surface area contributed by atoms with Gasteiger partial charge in [-0.25, -0.2) is 4.98 Å². The fourth-order valence-corrected chi connectivity index (χ4v) is 3.30. The SMILES string of the molecule is CC(C)c1nc(CNC2CCC(CO)CC2)cs1. The summed E-state index contributed by atoms with van der Waals surface area (Å²) in [4.78, 5) is 4.64. The Morgan fingerprint density at radius 3 is 2.67 bits per heavy atom. The molecule has 1 aromatic heterocycles. The average Bonchev–Trinajstić information content (AvgIpc) is 2.86. The molecule has 2 N–H and O–H groups in total. The molecule has 0 unspecified atom stereocenters. The van der Waals surface area contributed by atoms with Crippen LogP contribution < -0.4 is 5.32 Å². The van der Waals surface area contributed by atoms with Crippen LogP contribution >= 0.6 is 11.3 Å². The number of aliphatic hydroxyl groups is 1. The summed E-state index contributed by atoms with van der Waals surface area (Å²) in [7, 11) is 0. The van der Waals surface area contributed by atoms with Crippen LogP contribution in [0.25, 0.3) is 0 Å². The molecule has 18 heavy (non-hydrogen) atoms. The largest absolute Gasteiger partial charge is 0.396 e.